The topological polar surface area (TPSA) is 73.9 Å². The molecule has 3 rings (SSSR count). The van der Waals surface area contributed by atoms with Crippen molar-refractivity contribution >= 4 is 12.1 Å². The summed E-state index contributed by atoms with van der Waals surface area (Å²) in [5.74, 6) is -0.643. The number of esters is 1. The van der Waals surface area contributed by atoms with E-state index in [4.69, 9.17) is 9.47 Å². The zero-order valence-electron chi connectivity index (χ0n) is 23.6. The Balaban J connectivity index is 1.75. The van der Waals surface area contributed by atoms with E-state index in [2.05, 4.69) is 22.2 Å². The summed E-state index contributed by atoms with van der Waals surface area (Å²) in [4.78, 5) is 25.5. The highest BCUT2D eigenvalue weighted by Crippen LogP contribution is 2.34. The molecule has 0 bridgehead atoms. The lowest BCUT2D eigenvalue weighted by Gasteiger charge is -2.31. The average Bonchev–Trinajstić information content (AvgIpc) is 2.89. The number of aryl methyl sites for hydroxylation is 1. The van der Waals surface area contributed by atoms with Gasteiger partial charge in [-0.1, -0.05) is 48.9 Å². The molecule has 0 saturated carbocycles. The summed E-state index contributed by atoms with van der Waals surface area (Å²) in [5.41, 5.74) is 1.39. The Hall–Kier alpha value is -3.23. The summed E-state index contributed by atoms with van der Waals surface area (Å²) < 4.78 is 53.1. The maximum absolute atomic E-state index is 13.1. The smallest absolute Gasteiger partial charge is 0.461 e. The Kier molecular flexibility index (Phi) is 10.9. The maximum atomic E-state index is 13.1. The van der Waals surface area contributed by atoms with E-state index in [1.807, 2.05) is 25.1 Å². The van der Waals surface area contributed by atoms with Gasteiger partial charge < -0.3 is 19.5 Å². The van der Waals surface area contributed by atoms with Crippen molar-refractivity contribution in [2.45, 2.75) is 96.7 Å². The number of cyclic esters (lactones) is 1. The molecule has 1 N–H and O–H groups in total. The molecule has 0 spiro atoms. The van der Waals surface area contributed by atoms with Crippen LogP contribution in [0.15, 0.2) is 54.6 Å². The van der Waals surface area contributed by atoms with Gasteiger partial charge in [0.1, 0.15) is 23.5 Å². The molecular formula is C31H40F3NO5. The minimum atomic E-state index is -4.75. The number of alkyl halides is 3. The van der Waals surface area contributed by atoms with Crippen LogP contribution < -0.4 is 10.1 Å². The van der Waals surface area contributed by atoms with Crippen LogP contribution in [0.5, 0.6) is 5.75 Å². The van der Waals surface area contributed by atoms with E-state index in [0.717, 1.165) is 31.2 Å². The summed E-state index contributed by atoms with van der Waals surface area (Å²) >= 11 is 0. The number of nitrogens with one attached hydrogen (secondary N) is 1. The summed E-state index contributed by atoms with van der Waals surface area (Å²) in [6.45, 7) is 7.11. The number of hydrogen-bond donors (Lipinski definition) is 1. The van der Waals surface area contributed by atoms with Gasteiger partial charge >= 0.3 is 18.4 Å². The third kappa shape index (κ3) is 10.7. The van der Waals surface area contributed by atoms with E-state index in [9.17, 15) is 22.8 Å². The van der Waals surface area contributed by atoms with Crippen molar-refractivity contribution in [3.8, 4) is 5.75 Å². The summed E-state index contributed by atoms with van der Waals surface area (Å²) in [7, 11) is 0. The molecule has 0 aliphatic carbocycles. The Morgan fingerprint density at radius 1 is 1.00 bits per heavy atom. The molecule has 2 aromatic carbocycles. The van der Waals surface area contributed by atoms with Crippen LogP contribution in [0.4, 0.5) is 18.0 Å². The molecule has 0 unspecified atom stereocenters. The third-order valence-corrected chi connectivity index (χ3v) is 7.07. The molecule has 1 heterocycles. The van der Waals surface area contributed by atoms with Crippen molar-refractivity contribution in [3.05, 3.63) is 65.7 Å². The van der Waals surface area contributed by atoms with Crippen molar-refractivity contribution in [2.75, 3.05) is 0 Å². The van der Waals surface area contributed by atoms with Crippen LogP contribution in [0.1, 0.15) is 70.9 Å². The fourth-order valence-electron chi connectivity index (χ4n) is 5.24. The fourth-order valence-corrected chi connectivity index (χ4v) is 5.24. The maximum Gasteiger partial charge on any atom is 0.573 e. The normalized spacial score (nSPS) is 22.3. The second-order valence-corrected chi connectivity index (χ2v) is 11.5. The van der Waals surface area contributed by atoms with E-state index in [-0.39, 0.29) is 17.6 Å². The molecule has 1 fully saturated rings. The summed E-state index contributed by atoms with van der Waals surface area (Å²) in [5, 5.41) is 2.67. The average molecular weight is 564 g/mol. The first kappa shape index (κ1) is 31.3. The van der Waals surface area contributed by atoms with Gasteiger partial charge in [0.15, 0.2) is 0 Å². The van der Waals surface area contributed by atoms with Crippen molar-refractivity contribution in [2.24, 2.45) is 11.8 Å². The number of hydrogen-bond acceptors (Lipinski definition) is 5. The van der Waals surface area contributed by atoms with Gasteiger partial charge in [0.25, 0.3) is 0 Å². The monoisotopic (exact) mass is 563 g/mol. The van der Waals surface area contributed by atoms with Crippen LogP contribution in [0, 0.1) is 11.8 Å². The van der Waals surface area contributed by atoms with E-state index in [1.165, 1.54) is 17.7 Å². The predicted molar refractivity (Wildman–Crippen MR) is 146 cm³/mol. The zero-order valence-corrected chi connectivity index (χ0v) is 23.6. The molecule has 1 aliphatic heterocycles. The number of carbonyl (C=O) groups is 2. The Morgan fingerprint density at radius 3 is 2.30 bits per heavy atom. The molecule has 1 saturated heterocycles. The molecule has 9 heteroatoms. The first-order chi connectivity index (χ1) is 18.8. The number of ether oxygens (including phenoxy) is 3. The van der Waals surface area contributed by atoms with Gasteiger partial charge in [0.05, 0.1) is 0 Å². The van der Waals surface area contributed by atoms with Gasteiger partial charge in [-0.25, -0.2) is 9.59 Å². The van der Waals surface area contributed by atoms with E-state index in [0.29, 0.717) is 19.3 Å². The Labute approximate surface area is 234 Å². The van der Waals surface area contributed by atoms with Gasteiger partial charge in [0.2, 0.25) is 0 Å². The lowest BCUT2D eigenvalue weighted by atomic mass is 9.77. The highest BCUT2D eigenvalue weighted by atomic mass is 19.4. The van der Waals surface area contributed by atoms with Crippen molar-refractivity contribution in [1.29, 1.82) is 0 Å². The molecule has 2 aromatic rings. The van der Waals surface area contributed by atoms with Gasteiger partial charge in [0, 0.05) is 5.92 Å². The largest absolute Gasteiger partial charge is 0.573 e. The van der Waals surface area contributed by atoms with Crippen LogP contribution in [0.2, 0.25) is 0 Å². The van der Waals surface area contributed by atoms with Crippen LogP contribution in [0.25, 0.3) is 0 Å². The van der Waals surface area contributed by atoms with Crippen LogP contribution >= 0.6 is 0 Å². The Bertz CT molecular complexity index is 1080. The van der Waals surface area contributed by atoms with Gasteiger partial charge in [-0.2, -0.15) is 0 Å². The summed E-state index contributed by atoms with van der Waals surface area (Å²) in [6, 6.07) is 15.3. The Morgan fingerprint density at radius 2 is 1.68 bits per heavy atom. The van der Waals surface area contributed by atoms with E-state index < -0.39 is 36.2 Å². The van der Waals surface area contributed by atoms with E-state index >= 15 is 0 Å². The molecule has 1 aliphatic rings. The van der Waals surface area contributed by atoms with Gasteiger partial charge in [-0.05, 0) is 95.4 Å². The second-order valence-electron chi connectivity index (χ2n) is 11.5. The lowest BCUT2D eigenvalue weighted by Crippen LogP contribution is -2.45. The summed E-state index contributed by atoms with van der Waals surface area (Å²) in [6.07, 6.45) is -0.642. The molecular weight excluding hydrogens is 523 g/mol. The number of amides is 1. The van der Waals surface area contributed by atoms with E-state index in [1.54, 1.807) is 32.9 Å². The number of alkyl carbamates (subject to hydrolysis) is 1. The fraction of sp³-hybridized carbons (Fsp3) is 0.548. The first-order valence-corrected chi connectivity index (χ1v) is 13.9. The van der Waals surface area contributed by atoms with Crippen LogP contribution in [-0.2, 0) is 27.1 Å². The van der Waals surface area contributed by atoms with Crippen molar-refractivity contribution in [1.82, 2.24) is 5.32 Å². The highest BCUT2D eigenvalue weighted by Gasteiger charge is 2.35. The molecule has 6 nitrogen and oxygen atoms in total. The minimum absolute atomic E-state index is 0.0608. The second kappa shape index (κ2) is 13.9. The SMILES string of the molecule is C[C@@H]1OC(=O)[C@@H](NC(=O)OC(C)(C)C)CCC[C@H](CCCc2ccccc2)[C@H]1Cc1ccc(OC(F)(F)F)cc1. The first-order valence-electron chi connectivity index (χ1n) is 13.9. The number of benzene rings is 2. The standard InChI is InChI=1S/C31H40F3NO5/c1-21-26(20-23-16-18-25(19-17-23)39-31(32,33)34)24(13-8-12-22-10-6-5-7-11-22)14-9-15-27(28(36)38-21)35-29(37)40-30(2,3)4/h5-7,10-11,16-19,21,24,26-27H,8-9,12-15,20H2,1-4H3,(H,35,37)/t21-,24-,26-,27-/m0/s1. The molecule has 220 valence electrons. The predicted octanol–water partition coefficient (Wildman–Crippen LogP) is 7.39. The van der Waals surface area contributed by atoms with Gasteiger partial charge in [-0.15, -0.1) is 13.2 Å². The number of halogens is 3. The number of rotatable bonds is 8. The molecule has 0 radical (unpaired) electrons. The molecule has 0 aromatic heterocycles. The highest BCUT2D eigenvalue weighted by molar-refractivity contribution is 5.81. The van der Waals surface area contributed by atoms with Crippen molar-refractivity contribution in [3.63, 3.8) is 0 Å². The minimum Gasteiger partial charge on any atom is -0.461 e. The quantitative estimate of drug-likeness (QED) is 0.339. The van der Waals surface area contributed by atoms with Crippen molar-refractivity contribution < 1.29 is 37.0 Å². The van der Waals surface area contributed by atoms with Crippen LogP contribution in [0.3, 0.4) is 0 Å². The number of carbonyl (C=O) groups excluding carboxylic acids is 2. The molecule has 40 heavy (non-hydrogen) atoms. The lowest BCUT2D eigenvalue weighted by molar-refractivity contribution is -0.274. The third-order valence-electron chi connectivity index (χ3n) is 7.07. The molecule has 4 atom stereocenters. The zero-order chi connectivity index (χ0) is 29.3. The van der Waals surface area contributed by atoms with Gasteiger partial charge in [-0.3, -0.25) is 0 Å². The molecule has 1 amide bonds. The van der Waals surface area contributed by atoms with Crippen LogP contribution in [-0.4, -0.2) is 36.2 Å².